The smallest absolute Gasteiger partial charge is 0.248 e. The number of hydrogen-bond acceptors (Lipinski definition) is 14. The van der Waals surface area contributed by atoms with Crippen molar-refractivity contribution in [2.45, 2.75) is 65.3 Å². The minimum absolute atomic E-state index is 0.0258. The number of hydrogen-bond donors (Lipinski definition) is 3. The Morgan fingerprint density at radius 2 is 1.52 bits per heavy atom. The van der Waals surface area contributed by atoms with Crippen LogP contribution in [0, 0.1) is 12.3 Å². The standard InChI is InChI=1S/C47H61N9O10/c1-31(33-10-12-34(13-11-33)42-32(2)48-30-66-42)49-44(60)38-26-35(57)27-56(38)45(61)43(47(3,4)5)52-40(58)28-64-24-22-62-20-21-63-23-25-65-29-41(59)54-18-16-53(17-19-54)39-14-15-55-37-9-7-6-8-36(37)50-46(55)51-39/h6-15,30-31,35,38,43,57H,16-29H2,1-5H3,(H,49,60)(H,52,58)/t31?,35-,38+,43?/m1/s1. The van der Waals surface area contributed by atoms with Gasteiger partial charge in [-0.05, 0) is 43.0 Å². The monoisotopic (exact) mass is 911 g/mol. The Morgan fingerprint density at radius 3 is 2.18 bits per heavy atom. The molecule has 7 rings (SSSR count). The molecule has 19 nitrogen and oxygen atoms in total. The molecule has 66 heavy (non-hydrogen) atoms. The summed E-state index contributed by atoms with van der Waals surface area (Å²) in [6.07, 6.45) is 2.56. The van der Waals surface area contributed by atoms with Crippen LogP contribution < -0.4 is 15.5 Å². The molecule has 2 aliphatic heterocycles. The maximum absolute atomic E-state index is 14.0. The Kier molecular flexibility index (Phi) is 16.0. The molecule has 2 saturated heterocycles. The summed E-state index contributed by atoms with van der Waals surface area (Å²) < 4.78 is 29.7. The average molecular weight is 912 g/mol. The molecule has 354 valence electrons. The number of aromatic nitrogens is 4. The Hall–Kier alpha value is -5.99. The van der Waals surface area contributed by atoms with Crippen molar-refractivity contribution in [2.24, 2.45) is 5.41 Å². The number of anilines is 1. The number of nitrogens with zero attached hydrogens (tertiary/aromatic N) is 7. The van der Waals surface area contributed by atoms with E-state index in [2.05, 4.69) is 25.5 Å². The number of carbonyl (C=O) groups is 4. The van der Waals surface area contributed by atoms with Crippen LogP contribution in [0.3, 0.4) is 0 Å². The fourth-order valence-electron chi connectivity index (χ4n) is 8.09. The second-order valence-corrected chi connectivity index (χ2v) is 17.6. The molecule has 0 saturated carbocycles. The summed E-state index contributed by atoms with van der Waals surface area (Å²) in [4.78, 5) is 72.1. The highest BCUT2D eigenvalue weighted by Gasteiger charge is 2.44. The zero-order valence-electron chi connectivity index (χ0n) is 38.3. The molecule has 0 radical (unpaired) electrons. The number of carbonyl (C=O) groups excluding carboxylic acids is 4. The van der Waals surface area contributed by atoms with E-state index in [1.54, 1.807) is 4.90 Å². The number of amides is 4. The number of piperazine rings is 1. The number of likely N-dealkylation sites (tertiary alicyclic amines) is 1. The Labute approximate surface area is 383 Å². The number of nitrogens with one attached hydrogen (secondary N) is 2. The van der Waals surface area contributed by atoms with Crippen molar-refractivity contribution >= 4 is 46.3 Å². The van der Waals surface area contributed by atoms with E-state index < -0.39 is 41.3 Å². The Balaban J connectivity index is 0.734. The van der Waals surface area contributed by atoms with Crippen LogP contribution in [0.1, 0.15) is 51.4 Å². The summed E-state index contributed by atoms with van der Waals surface area (Å²) >= 11 is 0. The van der Waals surface area contributed by atoms with Crippen molar-refractivity contribution in [1.82, 2.24) is 39.8 Å². The molecular weight excluding hydrogens is 851 g/mol. The predicted octanol–water partition coefficient (Wildman–Crippen LogP) is 2.93. The molecular formula is C47H61N9O10. The van der Waals surface area contributed by atoms with Gasteiger partial charge in [0.2, 0.25) is 29.4 Å². The Bertz CT molecular complexity index is 2430. The number of β-amino-alcohol motifs (C(OH)–C–C–N with tert-alkyl or cyclic N) is 1. The maximum Gasteiger partial charge on any atom is 0.248 e. The van der Waals surface area contributed by atoms with Crippen LogP contribution in [0.5, 0.6) is 0 Å². The minimum Gasteiger partial charge on any atom is -0.443 e. The van der Waals surface area contributed by atoms with E-state index in [0.717, 1.165) is 33.7 Å². The van der Waals surface area contributed by atoms with Gasteiger partial charge in [-0.1, -0.05) is 57.2 Å². The van der Waals surface area contributed by atoms with Crippen LogP contribution in [0.2, 0.25) is 0 Å². The lowest BCUT2D eigenvalue weighted by molar-refractivity contribution is -0.144. The highest BCUT2D eigenvalue weighted by atomic mass is 16.6. The summed E-state index contributed by atoms with van der Waals surface area (Å²) in [5.74, 6) is 0.726. The van der Waals surface area contributed by atoms with E-state index in [0.29, 0.717) is 57.5 Å². The maximum atomic E-state index is 14.0. The van der Waals surface area contributed by atoms with Gasteiger partial charge in [0.25, 0.3) is 0 Å². The highest BCUT2D eigenvalue weighted by molar-refractivity contribution is 5.93. The lowest BCUT2D eigenvalue weighted by Gasteiger charge is -2.35. The summed E-state index contributed by atoms with van der Waals surface area (Å²) in [5.41, 5.74) is 3.68. The molecule has 0 bridgehead atoms. The average Bonchev–Trinajstić information content (AvgIpc) is 4.03. The van der Waals surface area contributed by atoms with Crippen molar-refractivity contribution < 1.29 is 47.6 Å². The molecule has 5 aromatic rings. The molecule has 0 spiro atoms. The molecule has 19 heteroatoms. The van der Waals surface area contributed by atoms with Gasteiger partial charge >= 0.3 is 0 Å². The van der Waals surface area contributed by atoms with Crippen LogP contribution in [-0.2, 0) is 38.1 Å². The number of para-hydroxylation sites is 2. The normalized spacial score (nSPS) is 17.6. The number of aliphatic hydroxyl groups excluding tert-OH is 1. The highest BCUT2D eigenvalue weighted by Crippen LogP contribution is 2.28. The molecule has 2 unspecified atom stereocenters. The third-order valence-corrected chi connectivity index (χ3v) is 11.8. The van der Waals surface area contributed by atoms with Gasteiger partial charge in [0, 0.05) is 50.9 Å². The van der Waals surface area contributed by atoms with E-state index in [-0.39, 0.29) is 57.9 Å². The fourth-order valence-corrected chi connectivity index (χ4v) is 8.09. The molecule has 3 aromatic heterocycles. The van der Waals surface area contributed by atoms with Gasteiger partial charge in [-0.2, -0.15) is 4.98 Å². The molecule has 2 aromatic carbocycles. The second-order valence-electron chi connectivity index (χ2n) is 17.6. The van der Waals surface area contributed by atoms with Gasteiger partial charge in [0.1, 0.15) is 31.1 Å². The number of fused-ring (bicyclic) bond motifs is 3. The van der Waals surface area contributed by atoms with Crippen LogP contribution in [-0.4, -0.2) is 162 Å². The van der Waals surface area contributed by atoms with E-state index in [9.17, 15) is 24.3 Å². The number of benzene rings is 2. The Morgan fingerprint density at radius 1 is 0.848 bits per heavy atom. The van der Waals surface area contributed by atoms with Gasteiger partial charge in [-0.25, -0.2) is 9.97 Å². The molecule has 5 heterocycles. The summed E-state index contributed by atoms with van der Waals surface area (Å²) in [5, 5.41) is 16.4. The van der Waals surface area contributed by atoms with Crippen molar-refractivity contribution in [1.29, 1.82) is 0 Å². The summed E-state index contributed by atoms with van der Waals surface area (Å²) in [7, 11) is 0. The first-order valence-electron chi connectivity index (χ1n) is 22.4. The van der Waals surface area contributed by atoms with Gasteiger partial charge in [0.15, 0.2) is 12.2 Å². The first kappa shape index (κ1) is 48.0. The number of ether oxygens (including phenoxy) is 4. The van der Waals surface area contributed by atoms with Gasteiger partial charge in [-0.3, -0.25) is 23.6 Å². The van der Waals surface area contributed by atoms with Crippen molar-refractivity contribution in [2.75, 3.05) is 90.5 Å². The third-order valence-electron chi connectivity index (χ3n) is 11.8. The minimum atomic E-state index is -0.986. The molecule has 2 fully saturated rings. The topological polar surface area (TPSA) is 215 Å². The zero-order valence-corrected chi connectivity index (χ0v) is 38.3. The zero-order chi connectivity index (χ0) is 46.8. The van der Waals surface area contributed by atoms with Crippen LogP contribution in [0.4, 0.5) is 5.82 Å². The van der Waals surface area contributed by atoms with Gasteiger partial charge in [-0.15, -0.1) is 0 Å². The van der Waals surface area contributed by atoms with E-state index in [4.69, 9.17) is 28.3 Å². The van der Waals surface area contributed by atoms with Crippen LogP contribution in [0.15, 0.2) is 71.6 Å². The quantitative estimate of drug-likeness (QED) is 0.0959. The first-order chi connectivity index (χ1) is 31.8. The van der Waals surface area contributed by atoms with Crippen LogP contribution in [0.25, 0.3) is 28.1 Å². The number of oxazole rings is 1. The van der Waals surface area contributed by atoms with E-state index in [1.165, 1.54) is 11.3 Å². The van der Waals surface area contributed by atoms with E-state index in [1.807, 2.05) is 99.8 Å². The summed E-state index contributed by atoms with van der Waals surface area (Å²) in [6, 6.07) is 15.2. The number of imidazole rings is 1. The van der Waals surface area contributed by atoms with E-state index >= 15 is 0 Å². The van der Waals surface area contributed by atoms with Crippen LogP contribution >= 0.6 is 0 Å². The lowest BCUT2D eigenvalue weighted by atomic mass is 9.85. The third kappa shape index (κ3) is 12.1. The SMILES string of the molecule is Cc1ncoc1-c1ccc(C(C)NC(=O)[C@@H]2C[C@@H](O)CN2C(=O)C(NC(=O)COCCOCCOCCOCC(=O)N2CCN(c3ccn4c(n3)nc3ccccc34)CC2)C(C)(C)C)cc1. The summed E-state index contributed by atoms with van der Waals surface area (Å²) in [6.45, 7) is 12.8. The number of rotatable bonds is 20. The predicted molar refractivity (Wildman–Crippen MR) is 243 cm³/mol. The largest absolute Gasteiger partial charge is 0.443 e. The lowest BCUT2D eigenvalue weighted by Crippen LogP contribution is -2.58. The number of aliphatic hydroxyl groups is 1. The molecule has 4 amide bonds. The molecule has 3 N–H and O–H groups in total. The number of aryl methyl sites for hydroxylation is 1. The van der Waals surface area contributed by atoms with Crippen molar-refractivity contribution in [3.63, 3.8) is 0 Å². The molecule has 4 atom stereocenters. The van der Waals surface area contributed by atoms with Gasteiger partial charge < -0.3 is 53.8 Å². The van der Waals surface area contributed by atoms with Crippen molar-refractivity contribution in [3.05, 3.63) is 78.4 Å². The van der Waals surface area contributed by atoms with Gasteiger partial charge in [0.05, 0.1) is 68.5 Å². The fraction of sp³-hybridized carbons (Fsp3) is 0.511. The first-order valence-corrected chi connectivity index (χ1v) is 22.4. The molecule has 0 aliphatic carbocycles. The second kappa shape index (κ2) is 22.0. The molecule has 2 aliphatic rings. The van der Waals surface area contributed by atoms with Crippen molar-refractivity contribution in [3.8, 4) is 11.3 Å².